The molecule has 1 heteroatoms. The predicted molar refractivity (Wildman–Crippen MR) is 58.1 cm³/mol. The molecule has 2 fully saturated rings. The molecule has 2 aliphatic rings. The molecule has 0 bridgehead atoms. The molecule has 0 radical (unpaired) electrons. The van der Waals surface area contributed by atoms with E-state index in [0.717, 1.165) is 12.8 Å². The fraction of sp³-hybridized carbons (Fsp3) is 0.923. The molecule has 0 aromatic rings. The van der Waals surface area contributed by atoms with Crippen molar-refractivity contribution in [2.45, 2.75) is 58.8 Å². The predicted octanol–water partition coefficient (Wildman–Crippen LogP) is 3.57. The average molecular weight is 194 g/mol. The molecule has 1 nitrogen and oxygen atoms in total. The van der Waals surface area contributed by atoms with Gasteiger partial charge < -0.3 is 0 Å². The molecule has 0 amide bonds. The van der Waals surface area contributed by atoms with Crippen LogP contribution in [0.2, 0.25) is 0 Å². The Labute approximate surface area is 87.3 Å². The van der Waals surface area contributed by atoms with Crippen molar-refractivity contribution in [3.8, 4) is 0 Å². The summed E-state index contributed by atoms with van der Waals surface area (Å²) in [6.45, 7) is 4.40. The van der Waals surface area contributed by atoms with Gasteiger partial charge in [-0.05, 0) is 31.6 Å². The third-order valence-electron chi connectivity index (χ3n) is 4.37. The van der Waals surface area contributed by atoms with Gasteiger partial charge in [-0.15, -0.1) is 0 Å². The molecule has 0 aromatic heterocycles. The van der Waals surface area contributed by atoms with Crippen molar-refractivity contribution < 1.29 is 4.79 Å². The maximum absolute atomic E-state index is 12.3. The average Bonchev–Trinajstić information content (AvgIpc) is 2.97. The number of hydrogen-bond donors (Lipinski definition) is 0. The normalized spacial score (nSPS) is 35.3. The van der Waals surface area contributed by atoms with Crippen LogP contribution < -0.4 is 0 Å². The van der Waals surface area contributed by atoms with Crippen LogP contribution in [0.3, 0.4) is 0 Å². The Morgan fingerprint density at radius 1 is 1.29 bits per heavy atom. The van der Waals surface area contributed by atoms with Crippen LogP contribution in [0.4, 0.5) is 0 Å². The first kappa shape index (κ1) is 10.2. The Hall–Kier alpha value is -0.330. The van der Waals surface area contributed by atoms with Gasteiger partial charge in [-0.2, -0.15) is 0 Å². The number of ketones is 1. The van der Waals surface area contributed by atoms with Crippen LogP contribution in [0.15, 0.2) is 0 Å². The Kier molecular flexibility index (Phi) is 2.68. The van der Waals surface area contributed by atoms with E-state index in [1.165, 1.54) is 32.1 Å². The van der Waals surface area contributed by atoms with Crippen LogP contribution in [0, 0.1) is 17.3 Å². The zero-order valence-electron chi connectivity index (χ0n) is 9.51. The van der Waals surface area contributed by atoms with Gasteiger partial charge in [0.15, 0.2) is 0 Å². The summed E-state index contributed by atoms with van der Waals surface area (Å²) in [7, 11) is 0. The standard InChI is InChI=1S/C13H22O/c1-3-10-6-4-5-7-11(10)12(14)13(2)8-9-13/h10-11H,3-9H2,1-2H3. The summed E-state index contributed by atoms with van der Waals surface area (Å²) in [5.41, 5.74) is 0.107. The number of carbonyl (C=O) groups excluding carboxylic acids is 1. The monoisotopic (exact) mass is 194 g/mol. The maximum atomic E-state index is 12.3. The van der Waals surface area contributed by atoms with Gasteiger partial charge in [0, 0.05) is 11.3 Å². The number of carbonyl (C=O) groups is 1. The first-order valence-electron chi connectivity index (χ1n) is 6.22. The Morgan fingerprint density at radius 2 is 1.93 bits per heavy atom. The molecule has 0 aliphatic heterocycles. The van der Waals surface area contributed by atoms with Crippen molar-refractivity contribution in [2.24, 2.45) is 17.3 Å². The number of hydrogen-bond acceptors (Lipinski definition) is 1. The molecule has 0 N–H and O–H groups in total. The SMILES string of the molecule is CCC1CCCCC1C(=O)C1(C)CC1. The summed E-state index contributed by atoms with van der Waals surface area (Å²) in [6, 6.07) is 0. The van der Waals surface area contributed by atoms with Crippen LogP contribution in [0.1, 0.15) is 58.8 Å². The summed E-state index contributed by atoms with van der Waals surface area (Å²) in [5, 5.41) is 0. The van der Waals surface area contributed by atoms with Gasteiger partial charge in [-0.1, -0.05) is 33.1 Å². The van der Waals surface area contributed by atoms with Gasteiger partial charge in [0.1, 0.15) is 5.78 Å². The van der Waals surface area contributed by atoms with Gasteiger partial charge in [0.2, 0.25) is 0 Å². The number of Topliss-reactive ketones (excluding diaryl/α,β-unsaturated/α-hetero) is 1. The molecule has 2 unspecified atom stereocenters. The van der Waals surface area contributed by atoms with Crippen molar-refractivity contribution in [1.82, 2.24) is 0 Å². The van der Waals surface area contributed by atoms with E-state index in [4.69, 9.17) is 0 Å². The van der Waals surface area contributed by atoms with Gasteiger partial charge in [-0.3, -0.25) is 4.79 Å². The quantitative estimate of drug-likeness (QED) is 0.671. The van der Waals surface area contributed by atoms with Crippen LogP contribution >= 0.6 is 0 Å². The minimum absolute atomic E-state index is 0.107. The molecule has 0 heterocycles. The van der Waals surface area contributed by atoms with Crippen LogP contribution in [-0.4, -0.2) is 5.78 Å². The highest BCUT2D eigenvalue weighted by Gasteiger charge is 2.48. The van der Waals surface area contributed by atoms with Crippen molar-refractivity contribution in [2.75, 3.05) is 0 Å². The Morgan fingerprint density at radius 3 is 2.50 bits per heavy atom. The first-order chi connectivity index (χ1) is 6.67. The van der Waals surface area contributed by atoms with Crippen LogP contribution in [-0.2, 0) is 4.79 Å². The van der Waals surface area contributed by atoms with E-state index in [2.05, 4.69) is 13.8 Å². The zero-order valence-corrected chi connectivity index (χ0v) is 9.51. The van der Waals surface area contributed by atoms with Gasteiger partial charge >= 0.3 is 0 Å². The molecule has 0 spiro atoms. The Bertz CT molecular complexity index is 227. The van der Waals surface area contributed by atoms with Crippen molar-refractivity contribution >= 4 is 5.78 Å². The number of rotatable bonds is 3. The summed E-state index contributed by atoms with van der Waals surface area (Å²) in [4.78, 5) is 12.3. The molecule has 2 saturated carbocycles. The van der Waals surface area contributed by atoms with E-state index in [0.29, 0.717) is 17.6 Å². The lowest BCUT2D eigenvalue weighted by Gasteiger charge is -2.31. The van der Waals surface area contributed by atoms with Gasteiger partial charge in [-0.25, -0.2) is 0 Å². The molecule has 14 heavy (non-hydrogen) atoms. The van der Waals surface area contributed by atoms with E-state index >= 15 is 0 Å². The van der Waals surface area contributed by atoms with E-state index in [1.54, 1.807) is 0 Å². The summed E-state index contributed by atoms with van der Waals surface area (Å²) in [6.07, 6.45) is 8.60. The van der Waals surface area contributed by atoms with Gasteiger partial charge in [0.25, 0.3) is 0 Å². The smallest absolute Gasteiger partial charge is 0.142 e. The van der Waals surface area contributed by atoms with E-state index in [-0.39, 0.29) is 5.41 Å². The molecular formula is C13H22O. The lowest BCUT2D eigenvalue weighted by Crippen LogP contribution is -2.31. The maximum Gasteiger partial charge on any atom is 0.142 e. The van der Waals surface area contributed by atoms with Crippen molar-refractivity contribution in [3.05, 3.63) is 0 Å². The van der Waals surface area contributed by atoms with E-state index in [9.17, 15) is 4.79 Å². The first-order valence-corrected chi connectivity index (χ1v) is 6.22. The van der Waals surface area contributed by atoms with Crippen LogP contribution in [0.25, 0.3) is 0 Å². The fourth-order valence-electron chi connectivity index (χ4n) is 2.92. The lowest BCUT2D eigenvalue weighted by molar-refractivity contribution is -0.130. The summed E-state index contributed by atoms with van der Waals surface area (Å²) >= 11 is 0. The van der Waals surface area contributed by atoms with Crippen molar-refractivity contribution in [3.63, 3.8) is 0 Å². The minimum atomic E-state index is 0.107. The Balaban J connectivity index is 2.03. The zero-order chi connectivity index (χ0) is 10.2. The van der Waals surface area contributed by atoms with E-state index < -0.39 is 0 Å². The molecule has 0 saturated heterocycles. The summed E-state index contributed by atoms with van der Waals surface area (Å²) in [5.74, 6) is 1.72. The highest BCUT2D eigenvalue weighted by molar-refractivity contribution is 5.89. The molecule has 2 atom stereocenters. The second-order valence-electron chi connectivity index (χ2n) is 5.48. The highest BCUT2D eigenvalue weighted by atomic mass is 16.1. The summed E-state index contributed by atoms with van der Waals surface area (Å²) < 4.78 is 0. The molecule has 80 valence electrons. The molecule has 0 aromatic carbocycles. The highest BCUT2D eigenvalue weighted by Crippen LogP contribution is 2.50. The van der Waals surface area contributed by atoms with Gasteiger partial charge in [0.05, 0.1) is 0 Å². The molecule has 2 rings (SSSR count). The third-order valence-corrected chi connectivity index (χ3v) is 4.37. The minimum Gasteiger partial charge on any atom is -0.299 e. The second kappa shape index (κ2) is 3.67. The lowest BCUT2D eigenvalue weighted by atomic mass is 9.72. The second-order valence-corrected chi connectivity index (χ2v) is 5.48. The largest absolute Gasteiger partial charge is 0.299 e. The molecule has 2 aliphatic carbocycles. The molecular weight excluding hydrogens is 172 g/mol. The van der Waals surface area contributed by atoms with Crippen LogP contribution in [0.5, 0.6) is 0 Å². The third kappa shape index (κ3) is 1.74. The van der Waals surface area contributed by atoms with Crippen molar-refractivity contribution in [1.29, 1.82) is 0 Å². The fourth-order valence-corrected chi connectivity index (χ4v) is 2.92. The topological polar surface area (TPSA) is 17.1 Å². The van der Waals surface area contributed by atoms with E-state index in [1.807, 2.05) is 0 Å².